The molecule has 0 saturated heterocycles. The van der Waals surface area contributed by atoms with E-state index in [0.29, 0.717) is 17.8 Å². The van der Waals surface area contributed by atoms with Gasteiger partial charge in [-0.25, -0.2) is 0 Å². The fraction of sp³-hybridized carbons (Fsp3) is 0.235. The predicted molar refractivity (Wildman–Crippen MR) is 86.3 cm³/mol. The van der Waals surface area contributed by atoms with Crippen LogP contribution in [0.2, 0.25) is 0 Å². The van der Waals surface area contributed by atoms with Gasteiger partial charge in [-0.15, -0.1) is 0 Å². The van der Waals surface area contributed by atoms with Crippen LogP contribution in [0.5, 0.6) is 0 Å². The van der Waals surface area contributed by atoms with E-state index >= 15 is 0 Å². The van der Waals surface area contributed by atoms with Crippen molar-refractivity contribution in [2.75, 3.05) is 24.4 Å². The van der Waals surface area contributed by atoms with E-state index in [4.69, 9.17) is 4.74 Å². The molecule has 0 bridgehead atoms. The van der Waals surface area contributed by atoms with Crippen molar-refractivity contribution in [2.45, 2.75) is 12.3 Å². The lowest BCUT2D eigenvalue weighted by Crippen LogP contribution is -2.24. The van der Waals surface area contributed by atoms with Crippen molar-refractivity contribution in [2.24, 2.45) is 0 Å². The number of nitrogens with zero attached hydrogens (tertiary/aromatic N) is 1. The molecule has 6 nitrogen and oxygen atoms in total. The molecule has 1 atom stereocenters. The molecule has 0 fully saturated rings. The van der Waals surface area contributed by atoms with Crippen molar-refractivity contribution in [1.82, 2.24) is 4.98 Å². The number of carbonyl (C=O) groups is 2. The highest BCUT2D eigenvalue weighted by Gasteiger charge is 2.26. The molecule has 6 heteroatoms. The minimum absolute atomic E-state index is 0.0121. The van der Waals surface area contributed by atoms with E-state index in [-0.39, 0.29) is 24.3 Å². The topological polar surface area (TPSA) is 80.3 Å². The Morgan fingerprint density at radius 3 is 3.04 bits per heavy atom. The standard InChI is InChI=1S/C17H17N3O3/c1-23-10-17(22)19-12-4-5-13-14(11-3-2-6-18-9-11)8-16(21)20-15(13)7-12/h2-7,9,14H,8,10H2,1H3,(H,19,22)(H,20,21)/t14-/m1/s1. The quantitative estimate of drug-likeness (QED) is 0.906. The third-order valence-corrected chi connectivity index (χ3v) is 3.74. The fourth-order valence-electron chi connectivity index (χ4n) is 2.75. The number of carbonyl (C=O) groups excluding carboxylic acids is 2. The van der Waals surface area contributed by atoms with Crippen LogP contribution in [-0.2, 0) is 14.3 Å². The SMILES string of the molecule is COCC(=O)Nc1ccc2c(c1)NC(=O)C[C@@H]2c1cccnc1. The molecule has 23 heavy (non-hydrogen) atoms. The molecule has 0 unspecified atom stereocenters. The summed E-state index contributed by atoms with van der Waals surface area (Å²) in [5.41, 5.74) is 3.35. The molecule has 1 aliphatic heterocycles. The smallest absolute Gasteiger partial charge is 0.250 e. The molecule has 118 valence electrons. The van der Waals surface area contributed by atoms with E-state index in [0.717, 1.165) is 11.1 Å². The Labute approximate surface area is 133 Å². The van der Waals surface area contributed by atoms with Gasteiger partial charge in [0, 0.05) is 43.2 Å². The van der Waals surface area contributed by atoms with E-state index < -0.39 is 0 Å². The second-order valence-corrected chi connectivity index (χ2v) is 5.37. The summed E-state index contributed by atoms with van der Waals surface area (Å²) in [6, 6.07) is 9.35. The largest absolute Gasteiger partial charge is 0.375 e. The molecular weight excluding hydrogens is 294 g/mol. The Bertz CT molecular complexity index is 731. The lowest BCUT2D eigenvalue weighted by molar-refractivity contribution is -0.119. The van der Waals surface area contributed by atoms with Crippen molar-refractivity contribution in [1.29, 1.82) is 0 Å². The van der Waals surface area contributed by atoms with Crippen LogP contribution in [0.4, 0.5) is 11.4 Å². The highest BCUT2D eigenvalue weighted by molar-refractivity contribution is 5.97. The molecule has 2 amide bonds. The first-order valence-electron chi connectivity index (χ1n) is 7.30. The van der Waals surface area contributed by atoms with Crippen molar-refractivity contribution >= 4 is 23.2 Å². The van der Waals surface area contributed by atoms with Crippen LogP contribution < -0.4 is 10.6 Å². The number of methoxy groups -OCH3 is 1. The zero-order chi connectivity index (χ0) is 16.2. The number of hydrogen-bond donors (Lipinski definition) is 2. The Hall–Kier alpha value is -2.73. The van der Waals surface area contributed by atoms with Gasteiger partial charge in [0.15, 0.2) is 0 Å². The van der Waals surface area contributed by atoms with Crippen molar-refractivity contribution in [3.8, 4) is 0 Å². The zero-order valence-corrected chi connectivity index (χ0v) is 12.7. The van der Waals surface area contributed by atoms with Gasteiger partial charge in [-0.05, 0) is 29.3 Å². The van der Waals surface area contributed by atoms with E-state index in [1.165, 1.54) is 7.11 Å². The van der Waals surface area contributed by atoms with Crippen LogP contribution in [0.25, 0.3) is 0 Å². The maximum absolute atomic E-state index is 12.0. The maximum Gasteiger partial charge on any atom is 0.250 e. The summed E-state index contributed by atoms with van der Waals surface area (Å²) in [6.45, 7) is -0.0121. The summed E-state index contributed by atoms with van der Waals surface area (Å²) >= 11 is 0. The average Bonchev–Trinajstić information content (AvgIpc) is 2.54. The van der Waals surface area contributed by atoms with Gasteiger partial charge in [-0.2, -0.15) is 0 Å². The summed E-state index contributed by atoms with van der Waals surface area (Å²) in [4.78, 5) is 27.7. The first kappa shape index (κ1) is 15.2. The summed E-state index contributed by atoms with van der Waals surface area (Å²) in [7, 11) is 1.46. The summed E-state index contributed by atoms with van der Waals surface area (Å²) in [5, 5.41) is 5.60. The molecule has 0 spiro atoms. The van der Waals surface area contributed by atoms with Gasteiger partial charge < -0.3 is 15.4 Å². The van der Waals surface area contributed by atoms with Gasteiger partial charge >= 0.3 is 0 Å². The fourth-order valence-corrected chi connectivity index (χ4v) is 2.75. The minimum Gasteiger partial charge on any atom is -0.375 e. The van der Waals surface area contributed by atoms with Gasteiger partial charge in [0.1, 0.15) is 6.61 Å². The Morgan fingerprint density at radius 1 is 1.43 bits per heavy atom. The molecule has 2 N–H and O–H groups in total. The molecule has 0 aliphatic carbocycles. The van der Waals surface area contributed by atoms with Gasteiger partial charge in [0.2, 0.25) is 11.8 Å². The molecule has 1 aromatic heterocycles. The van der Waals surface area contributed by atoms with Crippen LogP contribution in [0.3, 0.4) is 0 Å². The maximum atomic E-state index is 12.0. The Balaban J connectivity index is 1.91. The number of ether oxygens (including phenoxy) is 1. The first-order valence-corrected chi connectivity index (χ1v) is 7.30. The van der Waals surface area contributed by atoms with Crippen LogP contribution in [0, 0.1) is 0 Å². The second-order valence-electron chi connectivity index (χ2n) is 5.37. The van der Waals surface area contributed by atoms with Gasteiger partial charge in [0.25, 0.3) is 0 Å². The van der Waals surface area contributed by atoms with Gasteiger partial charge in [-0.3, -0.25) is 14.6 Å². The van der Waals surface area contributed by atoms with Crippen LogP contribution in [-0.4, -0.2) is 30.5 Å². The molecule has 0 saturated carbocycles. The Morgan fingerprint density at radius 2 is 2.30 bits per heavy atom. The summed E-state index contributed by atoms with van der Waals surface area (Å²) in [6.07, 6.45) is 3.87. The number of amides is 2. The third kappa shape index (κ3) is 3.37. The van der Waals surface area contributed by atoms with Gasteiger partial charge in [0.05, 0.1) is 0 Å². The number of anilines is 2. The molecule has 3 rings (SSSR count). The predicted octanol–water partition coefficient (Wildman–Crippen LogP) is 2.14. The number of benzene rings is 1. The summed E-state index contributed by atoms with van der Waals surface area (Å²) in [5.74, 6) is -0.318. The second kappa shape index (κ2) is 6.58. The van der Waals surface area contributed by atoms with E-state index in [1.54, 1.807) is 18.5 Å². The van der Waals surface area contributed by atoms with Crippen molar-refractivity contribution in [3.05, 3.63) is 53.9 Å². The lowest BCUT2D eigenvalue weighted by atomic mass is 9.85. The highest BCUT2D eigenvalue weighted by Crippen LogP contribution is 2.37. The van der Waals surface area contributed by atoms with Gasteiger partial charge in [-0.1, -0.05) is 12.1 Å². The summed E-state index contributed by atoms with van der Waals surface area (Å²) < 4.78 is 4.79. The third-order valence-electron chi connectivity index (χ3n) is 3.74. The molecule has 1 aliphatic rings. The van der Waals surface area contributed by atoms with Crippen molar-refractivity contribution in [3.63, 3.8) is 0 Å². The molecule has 2 aromatic rings. The number of aromatic nitrogens is 1. The number of rotatable bonds is 4. The number of fused-ring (bicyclic) bond motifs is 1. The number of pyridine rings is 1. The lowest BCUT2D eigenvalue weighted by Gasteiger charge is -2.26. The van der Waals surface area contributed by atoms with Crippen LogP contribution >= 0.6 is 0 Å². The van der Waals surface area contributed by atoms with E-state index in [2.05, 4.69) is 15.6 Å². The molecule has 0 radical (unpaired) electrons. The van der Waals surface area contributed by atoms with Crippen LogP contribution in [0.15, 0.2) is 42.7 Å². The zero-order valence-electron chi connectivity index (χ0n) is 12.7. The molecule has 2 heterocycles. The van der Waals surface area contributed by atoms with Crippen LogP contribution in [0.1, 0.15) is 23.5 Å². The first-order chi connectivity index (χ1) is 11.2. The average molecular weight is 311 g/mol. The van der Waals surface area contributed by atoms with E-state index in [9.17, 15) is 9.59 Å². The van der Waals surface area contributed by atoms with E-state index in [1.807, 2.05) is 24.3 Å². The Kier molecular flexibility index (Phi) is 4.34. The number of hydrogen-bond acceptors (Lipinski definition) is 4. The van der Waals surface area contributed by atoms with Crippen molar-refractivity contribution < 1.29 is 14.3 Å². The molecular formula is C17H17N3O3. The molecule has 1 aromatic carbocycles. The monoisotopic (exact) mass is 311 g/mol. The minimum atomic E-state index is -0.238. The normalized spacial score (nSPS) is 16.4. The highest BCUT2D eigenvalue weighted by atomic mass is 16.5. The number of nitrogens with one attached hydrogen (secondary N) is 2.